The van der Waals surface area contributed by atoms with Crippen molar-refractivity contribution in [3.05, 3.63) is 71.4 Å². The number of para-hydroxylation sites is 1. The lowest BCUT2D eigenvalue weighted by atomic mass is 9.94. The van der Waals surface area contributed by atoms with E-state index >= 15 is 0 Å². The number of pyridine rings is 1. The molecular formula is C21H17N3O. The van der Waals surface area contributed by atoms with Crippen LogP contribution in [0, 0.1) is 11.3 Å². The van der Waals surface area contributed by atoms with E-state index in [1.165, 1.54) is 0 Å². The van der Waals surface area contributed by atoms with Gasteiger partial charge in [0.1, 0.15) is 28.9 Å². The molecule has 0 atom stereocenters. The summed E-state index contributed by atoms with van der Waals surface area (Å²) in [5.74, 6) is 1.82. The van der Waals surface area contributed by atoms with Gasteiger partial charge in [-0.25, -0.2) is 4.98 Å². The number of aryl methyl sites for hydroxylation is 1. The number of hydrogen-bond donors (Lipinski definition) is 1. The van der Waals surface area contributed by atoms with Gasteiger partial charge in [-0.05, 0) is 54.7 Å². The number of fused-ring (bicyclic) bond motifs is 1. The number of hydrogen-bond acceptors (Lipinski definition) is 4. The van der Waals surface area contributed by atoms with Crippen LogP contribution in [-0.4, -0.2) is 4.98 Å². The van der Waals surface area contributed by atoms with Crippen molar-refractivity contribution < 1.29 is 4.74 Å². The zero-order valence-corrected chi connectivity index (χ0v) is 13.7. The van der Waals surface area contributed by atoms with E-state index in [-0.39, 0.29) is 0 Å². The first-order valence-corrected chi connectivity index (χ1v) is 8.31. The molecule has 0 saturated heterocycles. The molecule has 2 N–H and O–H groups in total. The maximum Gasteiger partial charge on any atom is 0.142 e. The van der Waals surface area contributed by atoms with Crippen molar-refractivity contribution in [2.75, 3.05) is 5.73 Å². The minimum Gasteiger partial charge on any atom is -0.457 e. The quantitative estimate of drug-likeness (QED) is 0.769. The molecule has 4 nitrogen and oxygen atoms in total. The molecule has 0 bridgehead atoms. The van der Waals surface area contributed by atoms with E-state index in [1.54, 1.807) is 0 Å². The highest BCUT2D eigenvalue weighted by Gasteiger charge is 2.23. The van der Waals surface area contributed by atoms with Crippen molar-refractivity contribution >= 4 is 5.82 Å². The Labute approximate surface area is 146 Å². The van der Waals surface area contributed by atoms with Gasteiger partial charge in [0.2, 0.25) is 0 Å². The van der Waals surface area contributed by atoms with Crippen molar-refractivity contribution in [2.24, 2.45) is 0 Å². The van der Waals surface area contributed by atoms with Crippen molar-refractivity contribution in [3.63, 3.8) is 0 Å². The maximum absolute atomic E-state index is 9.60. The zero-order chi connectivity index (χ0) is 17.2. The second kappa shape index (κ2) is 6.29. The molecule has 0 spiro atoms. The highest BCUT2D eigenvalue weighted by atomic mass is 16.5. The number of nitriles is 1. The number of benzene rings is 2. The summed E-state index contributed by atoms with van der Waals surface area (Å²) in [5, 5.41) is 9.60. The lowest BCUT2D eigenvalue weighted by Crippen LogP contribution is -2.03. The molecular weight excluding hydrogens is 310 g/mol. The van der Waals surface area contributed by atoms with Crippen LogP contribution in [0.4, 0.5) is 5.82 Å². The van der Waals surface area contributed by atoms with E-state index < -0.39 is 0 Å². The predicted molar refractivity (Wildman–Crippen MR) is 97.3 cm³/mol. The Morgan fingerprint density at radius 2 is 1.80 bits per heavy atom. The molecule has 25 heavy (non-hydrogen) atoms. The van der Waals surface area contributed by atoms with Crippen LogP contribution >= 0.6 is 0 Å². The summed E-state index contributed by atoms with van der Waals surface area (Å²) < 4.78 is 5.93. The summed E-state index contributed by atoms with van der Waals surface area (Å²) in [7, 11) is 0. The largest absolute Gasteiger partial charge is 0.457 e. The minimum absolute atomic E-state index is 0.313. The summed E-state index contributed by atoms with van der Waals surface area (Å²) >= 11 is 0. The fraction of sp³-hybridized carbons (Fsp3) is 0.143. The van der Waals surface area contributed by atoms with Gasteiger partial charge in [0.15, 0.2) is 0 Å². The van der Waals surface area contributed by atoms with Crippen LogP contribution in [0.15, 0.2) is 54.6 Å². The molecule has 4 rings (SSSR count). The normalized spacial score (nSPS) is 12.4. The van der Waals surface area contributed by atoms with Gasteiger partial charge in [0.25, 0.3) is 0 Å². The van der Waals surface area contributed by atoms with Crippen molar-refractivity contribution in [2.45, 2.75) is 19.3 Å². The second-order valence-corrected chi connectivity index (χ2v) is 6.08. The molecule has 0 fully saturated rings. The average molecular weight is 327 g/mol. The molecule has 1 aliphatic carbocycles. The summed E-state index contributed by atoms with van der Waals surface area (Å²) in [6.45, 7) is 0. The molecule has 122 valence electrons. The third-order valence-electron chi connectivity index (χ3n) is 4.47. The van der Waals surface area contributed by atoms with Crippen LogP contribution in [0.5, 0.6) is 11.5 Å². The van der Waals surface area contributed by atoms with Crippen molar-refractivity contribution in [1.29, 1.82) is 5.26 Å². The van der Waals surface area contributed by atoms with Gasteiger partial charge in [-0.3, -0.25) is 0 Å². The van der Waals surface area contributed by atoms with Gasteiger partial charge < -0.3 is 10.5 Å². The Bertz CT molecular complexity index is 974. The van der Waals surface area contributed by atoms with E-state index in [1.807, 2.05) is 54.6 Å². The number of anilines is 1. The minimum atomic E-state index is 0.313. The summed E-state index contributed by atoms with van der Waals surface area (Å²) in [6.07, 6.45) is 2.89. The Kier molecular flexibility index (Phi) is 3.83. The summed E-state index contributed by atoms with van der Waals surface area (Å²) in [5.41, 5.74) is 10.5. The summed E-state index contributed by atoms with van der Waals surface area (Å²) in [4.78, 5) is 4.42. The van der Waals surface area contributed by atoms with E-state index in [4.69, 9.17) is 10.5 Å². The predicted octanol–water partition coefficient (Wildman–Crippen LogP) is 4.48. The maximum atomic E-state index is 9.60. The lowest BCUT2D eigenvalue weighted by molar-refractivity contribution is 0.483. The smallest absolute Gasteiger partial charge is 0.142 e. The lowest BCUT2D eigenvalue weighted by Gasteiger charge is -2.14. The molecule has 3 aromatic rings. The fourth-order valence-corrected chi connectivity index (χ4v) is 3.37. The Balaban J connectivity index is 1.81. The summed E-state index contributed by atoms with van der Waals surface area (Å²) in [6, 6.07) is 19.7. The van der Waals surface area contributed by atoms with Gasteiger partial charge in [0, 0.05) is 11.3 Å². The van der Waals surface area contributed by atoms with Gasteiger partial charge in [0.05, 0.1) is 0 Å². The molecule has 0 radical (unpaired) electrons. The highest BCUT2D eigenvalue weighted by Crippen LogP contribution is 2.38. The van der Waals surface area contributed by atoms with Crippen molar-refractivity contribution in [3.8, 4) is 28.7 Å². The fourth-order valence-electron chi connectivity index (χ4n) is 3.37. The topological polar surface area (TPSA) is 71.9 Å². The molecule has 1 aromatic heterocycles. The molecule has 2 aromatic carbocycles. The van der Waals surface area contributed by atoms with Crippen LogP contribution < -0.4 is 10.5 Å². The number of rotatable bonds is 3. The standard InChI is InChI=1S/C21H17N3O/c22-13-18-20(17-10-5-11-19(17)24-21(18)23)14-6-4-9-16(12-14)25-15-7-2-1-3-8-15/h1-4,6-9,12H,5,10-11H2,(H2,23,24). The third kappa shape index (κ3) is 2.81. The number of nitrogen functional groups attached to an aromatic ring is 1. The van der Waals surface area contributed by atoms with Gasteiger partial charge in [-0.15, -0.1) is 0 Å². The van der Waals surface area contributed by atoms with Gasteiger partial charge in [-0.2, -0.15) is 5.26 Å². The van der Waals surface area contributed by atoms with Crippen molar-refractivity contribution in [1.82, 2.24) is 4.98 Å². The molecule has 4 heteroatoms. The number of ether oxygens (including phenoxy) is 1. The molecule has 0 unspecified atom stereocenters. The first kappa shape index (κ1) is 15.2. The number of nitrogens with two attached hydrogens (primary N) is 1. The van der Waals surface area contributed by atoms with E-state index in [0.717, 1.165) is 53.1 Å². The zero-order valence-electron chi connectivity index (χ0n) is 13.7. The Morgan fingerprint density at radius 1 is 1.00 bits per heavy atom. The number of nitrogens with zero attached hydrogens (tertiary/aromatic N) is 2. The third-order valence-corrected chi connectivity index (χ3v) is 4.47. The van der Waals surface area contributed by atoms with Crippen LogP contribution in [0.25, 0.3) is 11.1 Å². The van der Waals surface area contributed by atoms with Crippen LogP contribution in [0.3, 0.4) is 0 Å². The Morgan fingerprint density at radius 3 is 2.60 bits per heavy atom. The van der Waals surface area contributed by atoms with Crippen LogP contribution in [-0.2, 0) is 12.8 Å². The number of aromatic nitrogens is 1. The molecule has 0 amide bonds. The van der Waals surface area contributed by atoms with E-state index in [9.17, 15) is 5.26 Å². The molecule has 0 aliphatic heterocycles. The molecule has 1 heterocycles. The monoisotopic (exact) mass is 327 g/mol. The SMILES string of the molecule is N#Cc1c(N)nc2c(c1-c1cccc(Oc3ccccc3)c1)CCC2. The first-order chi connectivity index (χ1) is 12.3. The van der Waals surface area contributed by atoms with E-state index in [2.05, 4.69) is 11.1 Å². The highest BCUT2D eigenvalue weighted by molar-refractivity contribution is 5.80. The molecule has 0 saturated carbocycles. The average Bonchev–Trinajstić information content (AvgIpc) is 3.09. The van der Waals surface area contributed by atoms with Gasteiger partial charge >= 0.3 is 0 Å². The molecule has 1 aliphatic rings. The first-order valence-electron chi connectivity index (χ1n) is 8.31. The van der Waals surface area contributed by atoms with Crippen LogP contribution in [0.2, 0.25) is 0 Å². The van der Waals surface area contributed by atoms with E-state index in [0.29, 0.717) is 11.4 Å². The van der Waals surface area contributed by atoms with Gasteiger partial charge in [-0.1, -0.05) is 30.3 Å². The second-order valence-electron chi connectivity index (χ2n) is 6.08. The Hall–Kier alpha value is -3.32. The van der Waals surface area contributed by atoms with Crippen LogP contribution in [0.1, 0.15) is 23.2 Å².